The molecule has 7 nitrogen and oxygen atoms in total. The number of carbonyl (C=O) groups excluding carboxylic acids is 3. The molecule has 2 aromatic carbocycles. The fraction of sp³-hybridized carbons (Fsp3) is 0.448. The minimum Gasteiger partial charge on any atom is -0.339 e. The number of benzene rings is 2. The summed E-state index contributed by atoms with van der Waals surface area (Å²) in [6, 6.07) is 11.3. The molecule has 0 saturated heterocycles. The van der Waals surface area contributed by atoms with Crippen LogP contribution in [0.25, 0.3) is 11.0 Å². The SMILES string of the molecule is CC.Cc1ccc(C(=O)Nc2nc3cc(C(=O)N(C)C4CCCCC4)ccc3n2CCC=O)cc1C. The molecule has 0 aliphatic heterocycles. The topological polar surface area (TPSA) is 84.3 Å². The smallest absolute Gasteiger partial charge is 0.257 e. The lowest BCUT2D eigenvalue weighted by Gasteiger charge is -2.31. The third kappa shape index (κ3) is 6.01. The number of rotatable bonds is 7. The number of imidazole rings is 1. The first-order chi connectivity index (χ1) is 17.4. The van der Waals surface area contributed by atoms with Crippen LogP contribution >= 0.6 is 0 Å². The Labute approximate surface area is 213 Å². The van der Waals surface area contributed by atoms with Crippen molar-refractivity contribution < 1.29 is 14.4 Å². The van der Waals surface area contributed by atoms with Gasteiger partial charge < -0.3 is 14.3 Å². The van der Waals surface area contributed by atoms with E-state index in [2.05, 4.69) is 10.3 Å². The number of nitrogens with zero attached hydrogens (tertiary/aromatic N) is 3. The first-order valence-corrected chi connectivity index (χ1v) is 13.0. The Kier molecular flexibility index (Phi) is 9.39. The van der Waals surface area contributed by atoms with Crippen LogP contribution in [0.5, 0.6) is 0 Å². The van der Waals surface area contributed by atoms with E-state index in [1.165, 1.54) is 6.42 Å². The minimum atomic E-state index is -0.265. The number of amides is 2. The van der Waals surface area contributed by atoms with Gasteiger partial charge in [-0.3, -0.25) is 14.9 Å². The van der Waals surface area contributed by atoms with Crippen molar-refractivity contribution in [2.24, 2.45) is 0 Å². The van der Waals surface area contributed by atoms with Crippen LogP contribution in [0.2, 0.25) is 0 Å². The molecule has 192 valence electrons. The largest absolute Gasteiger partial charge is 0.339 e. The molecule has 1 saturated carbocycles. The second-order valence-electron chi connectivity index (χ2n) is 9.21. The summed E-state index contributed by atoms with van der Waals surface area (Å²) in [5.74, 6) is 0.0846. The fourth-order valence-electron chi connectivity index (χ4n) is 4.66. The first-order valence-electron chi connectivity index (χ1n) is 13.0. The molecule has 1 aliphatic rings. The van der Waals surface area contributed by atoms with E-state index in [1.807, 2.05) is 62.4 Å². The molecule has 36 heavy (non-hydrogen) atoms. The Morgan fingerprint density at radius 1 is 1.03 bits per heavy atom. The molecule has 1 aliphatic carbocycles. The highest BCUT2D eigenvalue weighted by Crippen LogP contribution is 2.26. The Hall–Kier alpha value is -3.48. The predicted octanol–water partition coefficient (Wildman–Crippen LogP) is 5.93. The molecule has 4 rings (SSSR count). The van der Waals surface area contributed by atoms with Crippen LogP contribution in [0.1, 0.15) is 84.2 Å². The van der Waals surface area contributed by atoms with Crippen molar-refractivity contribution in [2.75, 3.05) is 12.4 Å². The molecule has 0 atom stereocenters. The number of carbonyl (C=O) groups is 3. The molecule has 0 unspecified atom stereocenters. The third-order valence-electron chi connectivity index (χ3n) is 6.90. The normalized spacial score (nSPS) is 13.6. The number of aldehydes is 1. The Morgan fingerprint density at radius 2 is 1.72 bits per heavy atom. The van der Waals surface area contributed by atoms with Crippen LogP contribution in [0.4, 0.5) is 5.95 Å². The maximum atomic E-state index is 13.1. The molecule has 1 heterocycles. The number of nitrogens with one attached hydrogen (secondary N) is 1. The van der Waals surface area contributed by atoms with Crippen molar-refractivity contribution in [2.45, 2.75) is 78.8 Å². The van der Waals surface area contributed by atoms with Gasteiger partial charge in [0, 0.05) is 37.2 Å². The summed E-state index contributed by atoms with van der Waals surface area (Å²) in [7, 11) is 1.88. The van der Waals surface area contributed by atoms with Crippen LogP contribution in [0.3, 0.4) is 0 Å². The van der Waals surface area contributed by atoms with Gasteiger partial charge in [0.1, 0.15) is 6.29 Å². The highest BCUT2D eigenvalue weighted by molar-refractivity contribution is 6.04. The quantitative estimate of drug-likeness (QED) is 0.416. The number of fused-ring (bicyclic) bond motifs is 1. The summed E-state index contributed by atoms with van der Waals surface area (Å²) < 4.78 is 1.82. The number of hydrogen-bond acceptors (Lipinski definition) is 4. The molecule has 3 aromatic rings. The van der Waals surface area contributed by atoms with E-state index < -0.39 is 0 Å². The lowest BCUT2D eigenvalue weighted by Crippen LogP contribution is -2.38. The second-order valence-corrected chi connectivity index (χ2v) is 9.21. The van der Waals surface area contributed by atoms with Gasteiger partial charge in [-0.15, -0.1) is 0 Å². The highest BCUT2D eigenvalue weighted by Gasteiger charge is 2.24. The van der Waals surface area contributed by atoms with Crippen molar-refractivity contribution in [1.82, 2.24) is 14.5 Å². The van der Waals surface area contributed by atoms with E-state index in [9.17, 15) is 14.4 Å². The maximum Gasteiger partial charge on any atom is 0.257 e. The van der Waals surface area contributed by atoms with E-state index in [4.69, 9.17) is 0 Å². The van der Waals surface area contributed by atoms with Crippen LogP contribution in [-0.2, 0) is 11.3 Å². The Balaban J connectivity index is 0.00000176. The number of aryl methyl sites for hydroxylation is 3. The summed E-state index contributed by atoms with van der Waals surface area (Å²) in [5, 5.41) is 2.90. The third-order valence-corrected chi connectivity index (χ3v) is 6.90. The summed E-state index contributed by atoms with van der Waals surface area (Å²) in [6.07, 6.45) is 6.78. The van der Waals surface area contributed by atoms with Crippen LogP contribution in [0.15, 0.2) is 36.4 Å². The first kappa shape index (κ1) is 27.1. The second kappa shape index (κ2) is 12.5. The maximum absolute atomic E-state index is 13.1. The van der Waals surface area contributed by atoms with Gasteiger partial charge in [-0.2, -0.15) is 0 Å². The highest BCUT2D eigenvalue weighted by atomic mass is 16.2. The van der Waals surface area contributed by atoms with E-state index in [-0.39, 0.29) is 17.9 Å². The fourth-order valence-corrected chi connectivity index (χ4v) is 4.66. The monoisotopic (exact) mass is 490 g/mol. The van der Waals surface area contributed by atoms with E-state index >= 15 is 0 Å². The predicted molar refractivity (Wildman–Crippen MR) is 145 cm³/mol. The average molecular weight is 491 g/mol. The Bertz CT molecular complexity index is 1220. The molecule has 0 radical (unpaired) electrons. The van der Waals surface area contributed by atoms with Gasteiger partial charge in [0.25, 0.3) is 11.8 Å². The average Bonchev–Trinajstić information content (AvgIpc) is 3.25. The molecule has 2 amide bonds. The van der Waals surface area contributed by atoms with Crippen LogP contribution in [0, 0.1) is 13.8 Å². The zero-order valence-corrected chi connectivity index (χ0v) is 22.1. The van der Waals surface area contributed by atoms with Gasteiger partial charge in [0.05, 0.1) is 11.0 Å². The summed E-state index contributed by atoms with van der Waals surface area (Å²) in [5.41, 5.74) is 4.66. The lowest BCUT2D eigenvalue weighted by atomic mass is 9.94. The van der Waals surface area contributed by atoms with Gasteiger partial charge in [0.2, 0.25) is 5.95 Å². The molecule has 0 bridgehead atoms. The molecule has 0 spiro atoms. The zero-order chi connectivity index (χ0) is 26.2. The van der Waals surface area contributed by atoms with Crippen molar-refractivity contribution >= 4 is 35.1 Å². The van der Waals surface area contributed by atoms with E-state index in [0.717, 1.165) is 48.6 Å². The zero-order valence-electron chi connectivity index (χ0n) is 22.1. The molecule has 1 fully saturated rings. The number of hydrogen-bond donors (Lipinski definition) is 1. The molecular weight excluding hydrogens is 452 g/mol. The molecule has 1 N–H and O–H groups in total. The summed E-state index contributed by atoms with van der Waals surface area (Å²) >= 11 is 0. The van der Waals surface area contributed by atoms with E-state index in [0.29, 0.717) is 35.6 Å². The van der Waals surface area contributed by atoms with Crippen molar-refractivity contribution in [3.05, 3.63) is 58.7 Å². The van der Waals surface area contributed by atoms with Crippen molar-refractivity contribution in [3.8, 4) is 0 Å². The van der Waals surface area contributed by atoms with Crippen LogP contribution in [-0.4, -0.2) is 45.6 Å². The molecule has 7 heteroatoms. The van der Waals surface area contributed by atoms with E-state index in [1.54, 1.807) is 18.2 Å². The molecule has 1 aromatic heterocycles. The van der Waals surface area contributed by atoms with Gasteiger partial charge in [-0.05, 0) is 68.1 Å². The van der Waals surface area contributed by atoms with Crippen molar-refractivity contribution in [1.29, 1.82) is 0 Å². The number of anilines is 1. The van der Waals surface area contributed by atoms with Gasteiger partial charge >= 0.3 is 0 Å². The van der Waals surface area contributed by atoms with Gasteiger partial charge in [-0.1, -0.05) is 39.2 Å². The number of aromatic nitrogens is 2. The summed E-state index contributed by atoms with van der Waals surface area (Å²) in [6.45, 7) is 8.35. The van der Waals surface area contributed by atoms with Gasteiger partial charge in [0.15, 0.2) is 0 Å². The lowest BCUT2D eigenvalue weighted by molar-refractivity contribution is -0.108. The Morgan fingerprint density at radius 3 is 2.39 bits per heavy atom. The van der Waals surface area contributed by atoms with Crippen molar-refractivity contribution in [3.63, 3.8) is 0 Å². The van der Waals surface area contributed by atoms with Gasteiger partial charge in [-0.25, -0.2) is 4.98 Å². The minimum absolute atomic E-state index is 0.0167. The van der Waals surface area contributed by atoms with Crippen LogP contribution < -0.4 is 5.32 Å². The molecular formula is C29H38N4O3. The summed E-state index contributed by atoms with van der Waals surface area (Å²) in [4.78, 5) is 43.6. The standard InChI is InChI=1S/C27H32N4O3.C2H6/c1-18-10-11-20(16-19(18)2)25(33)29-27-28-23-17-21(12-13-24(23)31(27)14-7-15-32)26(34)30(3)22-8-5-4-6-9-22;1-2/h10-13,15-17,22H,4-9,14H2,1-3H3,(H,28,29,33);1-2H3.